The quantitative estimate of drug-likeness (QED) is 0.859. The number of benzene rings is 1. The third-order valence-corrected chi connectivity index (χ3v) is 3.73. The molecule has 0 bridgehead atoms. The Kier molecular flexibility index (Phi) is 4.79. The van der Waals surface area contributed by atoms with Crippen LogP contribution in [-0.4, -0.2) is 30.1 Å². The summed E-state index contributed by atoms with van der Waals surface area (Å²) in [6, 6.07) is 10.1. The highest BCUT2D eigenvalue weighted by atomic mass is 15.2. The minimum absolute atomic E-state index is 0.595. The molecule has 2 heteroatoms. The first-order valence-corrected chi connectivity index (χ1v) is 7.24. The van der Waals surface area contributed by atoms with Crippen molar-refractivity contribution in [2.45, 2.75) is 52.2 Å². The highest BCUT2D eigenvalue weighted by molar-refractivity contribution is 5.27. The van der Waals surface area contributed by atoms with E-state index in [2.05, 4.69) is 55.3 Å². The monoisotopic (exact) mass is 246 g/mol. The number of rotatable bonds is 5. The molecule has 1 heterocycles. The van der Waals surface area contributed by atoms with Crippen LogP contribution in [0.15, 0.2) is 24.3 Å². The van der Waals surface area contributed by atoms with Crippen molar-refractivity contribution >= 4 is 0 Å². The molecule has 0 aliphatic carbocycles. The fourth-order valence-corrected chi connectivity index (χ4v) is 2.88. The van der Waals surface area contributed by atoms with Gasteiger partial charge in [0.2, 0.25) is 0 Å². The third-order valence-electron chi connectivity index (χ3n) is 3.73. The molecule has 1 aliphatic heterocycles. The molecule has 2 rings (SSSR count). The minimum Gasteiger partial charge on any atom is -0.310 e. The second-order valence-corrected chi connectivity index (χ2v) is 5.66. The van der Waals surface area contributed by atoms with Crippen LogP contribution in [0, 0.1) is 0 Å². The van der Waals surface area contributed by atoms with E-state index in [0.29, 0.717) is 12.1 Å². The van der Waals surface area contributed by atoms with E-state index >= 15 is 0 Å². The van der Waals surface area contributed by atoms with Gasteiger partial charge in [-0.15, -0.1) is 0 Å². The van der Waals surface area contributed by atoms with Gasteiger partial charge in [-0.1, -0.05) is 45.0 Å². The number of likely N-dealkylation sites (tertiary alicyclic amines) is 1. The number of nitrogens with one attached hydrogen (secondary N) is 1. The maximum absolute atomic E-state index is 3.64. The van der Waals surface area contributed by atoms with Gasteiger partial charge < -0.3 is 5.32 Å². The average molecular weight is 246 g/mol. The molecule has 1 saturated heterocycles. The zero-order valence-corrected chi connectivity index (χ0v) is 11.9. The molecule has 2 nitrogen and oxygen atoms in total. The van der Waals surface area contributed by atoms with Crippen molar-refractivity contribution in [3.05, 3.63) is 35.4 Å². The summed E-state index contributed by atoms with van der Waals surface area (Å²) < 4.78 is 0. The molecule has 1 aromatic rings. The number of hydrogen-bond acceptors (Lipinski definition) is 2. The fourth-order valence-electron chi connectivity index (χ4n) is 2.88. The molecule has 1 unspecified atom stereocenters. The van der Waals surface area contributed by atoms with Crippen molar-refractivity contribution in [2.24, 2.45) is 0 Å². The van der Waals surface area contributed by atoms with Crippen LogP contribution in [0.2, 0.25) is 0 Å². The molecule has 0 amide bonds. The molecular formula is C16H26N2. The van der Waals surface area contributed by atoms with Gasteiger partial charge in [0.15, 0.2) is 0 Å². The van der Waals surface area contributed by atoms with Gasteiger partial charge in [-0.3, -0.25) is 4.90 Å². The first-order chi connectivity index (χ1) is 8.69. The van der Waals surface area contributed by atoms with Crippen molar-refractivity contribution in [2.75, 3.05) is 13.1 Å². The van der Waals surface area contributed by atoms with Crippen LogP contribution in [0.3, 0.4) is 0 Å². The predicted molar refractivity (Wildman–Crippen MR) is 77.8 cm³/mol. The zero-order valence-electron chi connectivity index (χ0n) is 11.9. The Balaban J connectivity index is 1.91. The largest absolute Gasteiger partial charge is 0.310 e. The second kappa shape index (κ2) is 6.35. The molecular weight excluding hydrogens is 220 g/mol. The van der Waals surface area contributed by atoms with Crippen molar-refractivity contribution in [3.63, 3.8) is 0 Å². The van der Waals surface area contributed by atoms with Gasteiger partial charge in [-0.2, -0.15) is 0 Å². The molecule has 0 spiro atoms. The fraction of sp³-hybridized carbons (Fsp3) is 0.625. The van der Waals surface area contributed by atoms with Gasteiger partial charge in [0.1, 0.15) is 0 Å². The Morgan fingerprint density at radius 3 is 2.67 bits per heavy atom. The second-order valence-electron chi connectivity index (χ2n) is 5.66. The minimum atomic E-state index is 0.595. The van der Waals surface area contributed by atoms with Crippen LogP contribution in [0.25, 0.3) is 0 Å². The third kappa shape index (κ3) is 3.56. The van der Waals surface area contributed by atoms with Gasteiger partial charge in [0.05, 0.1) is 0 Å². The molecule has 1 N–H and O–H groups in total. The van der Waals surface area contributed by atoms with E-state index < -0.39 is 0 Å². The van der Waals surface area contributed by atoms with Crippen molar-refractivity contribution < 1.29 is 0 Å². The Morgan fingerprint density at radius 1 is 1.28 bits per heavy atom. The van der Waals surface area contributed by atoms with Crippen molar-refractivity contribution in [1.82, 2.24) is 10.2 Å². The summed E-state index contributed by atoms with van der Waals surface area (Å²) in [6.45, 7) is 10.2. The standard InChI is InChI=1S/C16H26N2/c1-4-14-7-5-6-8-15(14)11-18-10-9-16(12-18)17-13(2)3/h5-8,13,16-17H,4,9-12H2,1-3H3. The first-order valence-electron chi connectivity index (χ1n) is 7.24. The summed E-state index contributed by atoms with van der Waals surface area (Å²) in [6.07, 6.45) is 2.42. The van der Waals surface area contributed by atoms with Crippen molar-refractivity contribution in [1.29, 1.82) is 0 Å². The summed E-state index contributed by atoms with van der Waals surface area (Å²) >= 11 is 0. The molecule has 0 saturated carbocycles. The molecule has 0 aromatic heterocycles. The summed E-state index contributed by atoms with van der Waals surface area (Å²) in [4.78, 5) is 2.58. The Bertz CT molecular complexity index is 373. The smallest absolute Gasteiger partial charge is 0.0237 e. The van der Waals surface area contributed by atoms with Crippen LogP contribution in [-0.2, 0) is 13.0 Å². The number of nitrogens with zero attached hydrogens (tertiary/aromatic N) is 1. The number of hydrogen-bond donors (Lipinski definition) is 1. The Hall–Kier alpha value is -0.860. The molecule has 1 aromatic carbocycles. The summed E-state index contributed by atoms with van der Waals surface area (Å²) in [5.41, 5.74) is 3.00. The summed E-state index contributed by atoms with van der Waals surface area (Å²) in [5, 5.41) is 3.64. The van der Waals surface area contributed by atoms with Crippen LogP contribution in [0.5, 0.6) is 0 Å². The number of aryl methyl sites for hydroxylation is 1. The van der Waals surface area contributed by atoms with Crippen molar-refractivity contribution in [3.8, 4) is 0 Å². The van der Waals surface area contributed by atoms with Crippen LogP contribution in [0.4, 0.5) is 0 Å². The lowest BCUT2D eigenvalue weighted by Crippen LogP contribution is -2.36. The lowest BCUT2D eigenvalue weighted by atomic mass is 10.1. The van der Waals surface area contributed by atoms with E-state index in [9.17, 15) is 0 Å². The lowest BCUT2D eigenvalue weighted by Gasteiger charge is -2.19. The highest BCUT2D eigenvalue weighted by Gasteiger charge is 2.22. The lowest BCUT2D eigenvalue weighted by molar-refractivity contribution is 0.316. The van der Waals surface area contributed by atoms with E-state index in [1.165, 1.54) is 30.6 Å². The SMILES string of the molecule is CCc1ccccc1CN1CCC(NC(C)C)C1. The van der Waals surface area contributed by atoms with Gasteiger partial charge in [0, 0.05) is 31.7 Å². The van der Waals surface area contributed by atoms with Gasteiger partial charge in [0.25, 0.3) is 0 Å². The molecule has 0 radical (unpaired) electrons. The molecule has 18 heavy (non-hydrogen) atoms. The highest BCUT2D eigenvalue weighted by Crippen LogP contribution is 2.17. The van der Waals surface area contributed by atoms with Crippen LogP contribution >= 0.6 is 0 Å². The molecule has 1 atom stereocenters. The van der Waals surface area contributed by atoms with Crippen LogP contribution < -0.4 is 5.32 Å². The average Bonchev–Trinajstić information content (AvgIpc) is 2.76. The van der Waals surface area contributed by atoms with Gasteiger partial charge in [-0.05, 0) is 24.0 Å². The summed E-state index contributed by atoms with van der Waals surface area (Å²) in [7, 11) is 0. The van der Waals surface area contributed by atoms with Crippen LogP contribution in [0.1, 0.15) is 38.3 Å². The first kappa shape index (κ1) is 13.6. The van der Waals surface area contributed by atoms with E-state index in [-0.39, 0.29) is 0 Å². The normalized spacial score (nSPS) is 20.8. The topological polar surface area (TPSA) is 15.3 Å². The van der Waals surface area contributed by atoms with Gasteiger partial charge >= 0.3 is 0 Å². The zero-order chi connectivity index (χ0) is 13.0. The maximum atomic E-state index is 3.64. The van der Waals surface area contributed by atoms with E-state index in [1.54, 1.807) is 0 Å². The predicted octanol–water partition coefficient (Wildman–Crippen LogP) is 2.82. The Morgan fingerprint density at radius 2 is 2.00 bits per heavy atom. The maximum Gasteiger partial charge on any atom is 0.0237 e. The summed E-state index contributed by atoms with van der Waals surface area (Å²) in [5.74, 6) is 0. The molecule has 1 fully saturated rings. The Labute approximate surface area is 111 Å². The van der Waals surface area contributed by atoms with E-state index in [0.717, 1.165) is 13.0 Å². The molecule has 1 aliphatic rings. The molecule has 100 valence electrons. The van der Waals surface area contributed by atoms with E-state index in [4.69, 9.17) is 0 Å². The van der Waals surface area contributed by atoms with E-state index in [1.807, 2.05) is 0 Å². The van der Waals surface area contributed by atoms with Gasteiger partial charge in [-0.25, -0.2) is 0 Å².